The summed E-state index contributed by atoms with van der Waals surface area (Å²) < 4.78 is 10.8. The van der Waals surface area contributed by atoms with E-state index in [1.165, 1.54) is 19.3 Å². The van der Waals surface area contributed by atoms with Crippen LogP contribution in [0.25, 0.3) is 0 Å². The maximum Gasteiger partial charge on any atom is 0.128 e. The zero-order valence-corrected chi connectivity index (χ0v) is 14.4. The molecule has 2 aromatic rings. The summed E-state index contributed by atoms with van der Waals surface area (Å²) in [5.74, 6) is 1.64. The second-order valence-corrected chi connectivity index (χ2v) is 5.59. The van der Waals surface area contributed by atoms with Crippen molar-refractivity contribution in [3.63, 3.8) is 0 Å². The van der Waals surface area contributed by atoms with Crippen molar-refractivity contribution in [1.29, 1.82) is 0 Å². The number of methoxy groups -OCH3 is 1. The Kier molecular flexibility index (Phi) is 7.15. The summed E-state index contributed by atoms with van der Waals surface area (Å²) in [5.41, 5.74) is 1.45. The Morgan fingerprint density at radius 2 is 1.75 bits per heavy atom. The van der Waals surface area contributed by atoms with E-state index in [0.29, 0.717) is 17.9 Å². The van der Waals surface area contributed by atoms with E-state index in [-0.39, 0.29) is 5.75 Å². The maximum atomic E-state index is 10.1. The van der Waals surface area contributed by atoms with Gasteiger partial charge >= 0.3 is 0 Å². The Morgan fingerprint density at radius 1 is 1.00 bits per heavy atom. The van der Waals surface area contributed by atoms with E-state index >= 15 is 0 Å². The molecule has 0 aliphatic heterocycles. The molecule has 0 saturated heterocycles. The molecule has 0 saturated carbocycles. The topological polar surface area (TPSA) is 51.0 Å². The third-order valence-electron chi connectivity index (χ3n) is 3.69. The molecule has 0 radical (unpaired) electrons. The molecular formula is C20H25NO3. The second kappa shape index (κ2) is 9.60. The van der Waals surface area contributed by atoms with E-state index in [9.17, 15) is 5.11 Å². The first kappa shape index (κ1) is 17.9. The lowest BCUT2D eigenvalue weighted by Gasteiger charge is -2.07. The Balaban J connectivity index is 1.92. The zero-order valence-electron chi connectivity index (χ0n) is 14.4. The summed E-state index contributed by atoms with van der Waals surface area (Å²) in [6.45, 7) is 2.86. The number of unbranched alkanes of at least 4 members (excludes halogenated alkanes) is 3. The zero-order chi connectivity index (χ0) is 17.2. The van der Waals surface area contributed by atoms with Gasteiger partial charge in [0.2, 0.25) is 0 Å². The number of nitrogens with zero attached hydrogens (tertiary/aromatic N) is 1. The second-order valence-electron chi connectivity index (χ2n) is 5.59. The van der Waals surface area contributed by atoms with Gasteiger partial charge in [-0.1, -0.05) is 26.2 Å². The Morgan fingerprint density at radius 3 is 2.42 bits per heavy atom. The van der Waals surface area contributed by atoms with Gasteiger partial charge in [-0.25, -0.2) is 0 Å². The molecule has 0 atom stereocenters. The Bertz CT molecular complexity index is 650. The molecule has 128 valence electrons. The van der Waals surface area contributed by atoms with Crippen molar-refractivity contribution in [3.05, 3.63) is 48.0 Å². The lowest BCUT2D eigenvalue weighted by Crippen LogP contribution is -1.97. The summed E-state index contributed by atoms with van der Waals surface area (Å²) in [7, 11) is 1.63. The monoisotopic (exact) mass is 327 g/mol. The van der Waals surface area contributed by atoms with Crippen molar-refractivity contribution < 1.29 is 14.6 Å². The lowest BCUT2D eigenvalue weighted by atomic mass is 10.2. The van der Waals surface area contributed by atoms with Crippen LogP contribution in [0.4, 0.5) is 5.69 Å². The number of hydrogen-bond donors (Lipinski definition) is 1. The minimum atomic E-state index is 0.165. The number of ether oxygens (including phenoxy) is 2. The van der Waals surface area contributed by atoms with Gasteiger partial charge in [0.1, 0.15) is 17.2 Å². The first-order valence-electron chi connectivity index (χ1n) is 8.37. The van der Waals surface area contributed by atoms with Gasteiger partial charge in [0.25, 0.3) is 0 Å². The molecule has 0 aliphatic rings. The lowest BCUT2D eigenvalue weighted by molar-refractivity contribution is 0.303. The normalized spacial score (nSPS) is 10.9. The largest absolute Gasteiger partial charge is 0.507 e. The maximum absolute atomic E-state index is 10.1. The average Bonchev–Trinajstić information content (AvgIpc) is 2.61. The quantitative estimate of drug-likeness (QED) is 0.514. The highest BCUT2D eigenvalue weighted by atomic mass is 16.5. The van der Waals surface area contributed by atoms with Gasteiger partial charge in [-0.05, 0) is 42.8 Å². The molecule has 1 N–H and O–H groups in total. The van der Waals surface area contributed by atoms with Gasteiger partial charge in [-0.2, -0.15) is 0 Å². The van der Waals surface area contributed by atoms with E-state index in [4.69, 9.17) is 9.47 Å². The molecule has 24 heavy (non-hydrogen) atoms. The van der Waals surface area contributed by atoms with E-state index in [2.05, 4.69) is 11.9 Å². The minimum Gasteiger partial charge on any atom is -0.507 e. The van der Waals surface area contributed by atoms with Crippen molar-refractivity contribution in [1.82, 2.24) is 0 Å². The molecule has 2 aromatic carbocycles. The summed E-state index contributed by atoms with van der Waals surface area (Å²) in [4.78, 5) is 4.36. The van der Waals surface area contributed by atoms with Crippen LogP contribution < -0.4 is 9.47 Å². The van der Waals surface area contributed by atoms with E-state index < -0.39 is 0 Å². The highest BCUT2D eigenvalue weighted by molar-refractivity contribution is 5.85. The van der Waals surface area contributed by atoms with Crippen LogP contribution in [0.1, 0.15) is 38.2 Å². The average molecular weight is 327 g/mol. The molecular weight excluding hydrogens is 302 g/mol. The molecule has 0 aliphatic carbocycles. The molecule has 4 heteroatoms. The van der Waals surface area contributed by atoms with Crippen molar-refractivity contribution in [2.24, 2.45) is 4.99 Å². The van der Waals surface area contributed by atoms with Gasteiger partial charge in [0.15, 0.2) is 0 Å². The number of benzene rings is 2. The highest BCUT2D eigenvalue weighted by Gasteiger charge is 2.02. The van der Waals surface area contributed by atoms with E-state index in [1.807, 2.05) is 36.4 Å². The smallest absolute Gasteiger partial charge is 0.128 e. The van der Waals surface area contributed by atoms with Gasteiger partial charge in [0, 0.05) is 17.8 Å². The predicted octanol–water partition coefficient (Wildman–Crippen LogP) is 5.11. The van der Waals surface area contributed by atoms with E-state index in [1.54, 1.807) is 19.4 Å². The van der Waals surface area contributed by atoms with Crippen LogP contribution >= 0.6 is 0 Å². The minimum absolute atomic E-state index is 0.165. The van der Waals surface area contributed by atoms with Crippen LogP contribution in [0.15, 0.2) is 47.5 Å². The number of phenols is 1. The van der Waals surface area contributed by atoms with Crippen LogP contribution in [0.3, 0.4) is 0 Å². The van der Waals surface area contributed by atoms with Crippen molar-refractivity contribution in [2.75, 3.05) is 13.7 Å². The molecule has 0 bridgehead atoms. The van der Waals surface area contributed by atoms with Crippen LogP contribution in [0.2, 0.25) is 0 Å². The fourth-order valence-corrected chi connectivity index (χ4v) is 2.25. The van der Waals surface area contributed by atoms with Gasteiger partial charge in [-0.15, -0.1) is 0 Å². The molecule has 0 heterocycles. The van der Waals surface area contributed by atoms with Crippen LogP contribution in [0.5, 0.6) is 17.2 Å². The SMILES string of the molecule is CCCCCCOc1ccc(C=Nc2ccc(OC)cc2)c(O)c1. The van der Waals surface area contributed by atoms with Crippen LogP contribution in [-0.4, -0.2) is 25.0 Å². The third kappa shape index (κ3) is 5.61. The summed E-state index contributed by atoms with van der Waals surface area (Å²) in [6.07, 6.45) is 6.30. The molecule has 2 rings (SSSR count). The van der Waals surface area contributed by atoms with E-state index in [0.717, 1.165) is 17.9 Å². The van der Waals surface area contributed by atoms with Crippen molar-refractivity contribution in [3.8, 4) is 17.2 Å². The number of aromatic hydroxyl groups is 1. The van der Waals surface area contributed by atoms with Crippen LogP contribution in [-0.2, 0) is 0 Å². The first-order chi connectivity index (χ1) is 11.7. The summed E-state index contributed by atoms with van der Waals surface area (Å²) >= 11 is 0. The standard InChI is InChI=1S/C20H25NO3/c1-3-4-5-6-13-24-19-10-7-16(20(22)14-19)15-21-17-8-11-18(23-2)12-9-17/h7-12,14-15,22H,3-6,13H2,1-2H3. The highest BCUT2D eigenvalue weighted by Crippen LogP contribution is 2.24. The first-order valence-corrected chi connectivity index (χ1v) is 8.37. The molecule has 0 aromatic heterocycles. The summed E-state index contributed by atoms with van der Waals surface area (Å²) in [5, 5.41) is 10.1. The van der Waals surface area contributed by atoms with Gasteiger partial charge in [0.05, 0.1) is 19.4 Å². The Labute approximate surface area is 143 Å². The molecule has 0 amide bonds. The predicted molar refractivity (Wildman–Crippen MR) is 98.0 cm³/mol. The van der Waals surface area contributed by atoms with Gasteiger partial charge in [-0.3, -0.25) is 4.99 Å². The number of phenolic OH excluding ortho intramolecular Hbond substituents is 1. The molecule has 4 nitrogen and oxygen atoms in total. The third-order valence-corrected chi connectivity index (χ3v) is 3.69. The molecule has 0 spiro atoms. The van der Waals surface area contributed by atoms with Crippen molar-refractivity contribution >= 4 is 11.9 Å². The molecule has 0 unspecified atom stereocenters. The fraction of sp³-hybridized carbons (Fsp3) is 0.350. The van der Waals surface area contributed by atoms with Crippen LogP contribution in [0, 0.1) is 0 Å². The number of hydrogen-bond acceptors (Lipinski definition) is 4. The Hall–Kier alpha value is -2.49. The summed E-state index contributed by atoms with van der Waals surface area (Å²) in [6, 6.07) is 12.7. The molecule has 0 fully saturated rings. The van der Waals surface area contributed by atoms with Crippen molar-refractivity contribution in [2.45, 2.75) is 32.6 Å². The number of rotatable bonds is 9. The fourth-order valence-electron chi connectivity index (χ4n) is 2.25. The number of aliphatic imine (C=N–C) groups is 1. The van der Waals surface area contributed by atoms with Gasteiger partial charge < -0.3 is 14.6 Å².